The van der Waals surface area contributed by atoms with Crippen LogP contribution in [0, 0.1) is 18.3 Å². The standard InChI is InChI=1S/C13H9N3O2S/c1-8-2-3-10(6-11(8)13(17)18)19-12-9(7-14)4-5-15-16-12/h2-6H,1H3,(H,17,18). The molecular formula is C13H9N3O2S. The fourth-order valence-electron chi connectivity index (χ4n) is 1.49. The Balaban J connectivity index is 2.37. The van der Waals surface area contributed by atoms with Crippen molar-refractivity contribution in [1.82, 2.24) is 10.2 Å². The molecule has 0 fully saturated rings. The Bertz CT molecular complexity index is 680. The summed E-state index contributed by atoms with van der Waals surface area (Å²) in [5.41, 5.74) is 1.35. The number of nitrogens with zero attached hydrogens (tertiary/aromatic N) is 3. The highest BCUT2D eigenvalue weighted by Crippen LogP contribution is 2.29. The Morgan fingerprint density at radius 1 is 1.42 bits per heavy atom. The molecule has 0 amide bonds. The van der Waals surface area contributed by atoms with Crippen molar-refractivity contribution in [3.05, 3.63) is 47.2 Å². The van der Waals surface area contributed by atoms with Crippen molar-refractivity contribution in [2.75, 3.05) is 0 Å². The number of nitriles is 1. The third-order valence-corrected chi connectivity index (χ3v) is 3.45. The lowest BCUT2D eigenvalue weighted by molar-refractivity contribution is 0.0696. The quantitative estimate of drug-likeness (QED) is 0.922. The number of carboxylic acids is 1. The van der Waals surface area contributed by atoms with E-state index in [1.807, 2.05) is 6.07 Å². The third-order valence-electron chi connectivity index (χ3n) is 2.46. The lowest BCUT2D eigenvalue weighted by Crippen LogP contribution is -1.99. The molecule has 5 nitrogen and oxygen atoms in total. The van der Waals surface area contributed by atoms with Crippen molar-refractivity contribution in [1.29, 1.82) is 5.26 Å². The average molecular weight is 271 g/mol. The number of benzene rings is 1. The number of hydrogen-bond acceptors (Lipinski definition) is 5. The zero-order valence-corrected chi connectivity index (χ0v) is 10.8. The number of hydrogen-bond donors (Lipinski definition) is 1. The predicted octanol–water partition coefficient (Wildman–Crippen LogP) is 2.51. The summed E-state index contributed by atoms with van der Waals surface area (Å²) in [5, 5.41) is 26.1. The molecule has 1 N–H and O–H groups in total. The first-order chi connectivity index (χ1) is 9.11. The molecule has 0 aliphatic heterocycles. The normalized spacial score (nSPS) is 9.89. The molecule has 0 atom stereocenters. The van der Waals surface area contributed by atoms with Gasteiger partial charge < -0.3 is 5.11 Å². The second-order valence-electron chi connectivity index (χ2n) is 3.75. The first-order valence-corrected chi connectivity index (χ1v) is 6.17. The zero-order chi connectivity index (χ0) is 13.8. The van der Waals surface area contributed by atoms with Gasteiger partial charge in [-0.3, -0.25) is 0 Å². The molecule has 1 heterocycles. The topological polar surface area (TPSA) is 86.9 Å². The fraction of sp³-hybridized carbons (Fsp3) is 0.0769. The first kappa shape index (κ1) is 13.1. The van der Waals surface area contributed by atoms with Crippen LogP contribution in [-0.2, 0) is 0 Å². The van der Waals surface area contributed by atoms with Crippen LogP contribution in [0.25, 0.3) is 0 Å². The highest BCUT2D eigenvalue weighted by atomic mass is 32.2. The Morgan fingerprint density at radius 3 is 2.89 bits per heavy atom. The maximum Gasteiger partial charge on any atom is 0.335 e. The van der Waals surface area contributed by atoms with E-state index in [4.69, 9.17) is 10.4 Å². The van der Waals surface area contributed by atoms with E-state index in [0.717, 1.165) is 0 Å². The summed E-state index contributed by atoms with van der Waals surface area (Å²) in [6.45, 7) is 1.74. The van der Waals surface area contributed by atoms with Crippen molar-refractivity contribution < 1.29 is 9.90 Å². The predicted molar refractivity (Wildman–Crippen MR) is 69.0 cm³/mol. The lowest BCUT2D eigenvalue weighted by atomic mass is 10.1. The van der Waals surface area contributed by atoms with Crippen molar-refractivity contribution in [3.8, 4) is 6.07 Å². The molecule has 0 saturated carbocycles. The monoisotopic (exact) mass is 271 g/mol. The highest BCUT2D eigenvalue weighted by molar-refractivity contribution is 7.99. The molecule has 0 bridgehead atoms. The summed E-state index contributed by atoms with van der Waals surface area (Å²) >= 11 is 1.22. The smallest absolute Gasteiger partial charge is 0.335 e. The highest BCUT2D eigenvalue weighted by Gasteiger charge is 2.11. The number of rotatable bonds is 3. The van der Waals surface area contributed by atoms with E-state index >= 15 is 0 Å². The van der Waals surface area contributed by atoms with Crippen LogP contribution >= 0.6 is 11.8 Å². The summed E-state index contributed by atoms with van der Waals surface area (Å²) in [6.07, 6.45) is 1.44. The van der Waals surface area contributed by atoms with Crippen LogP contribution in [0.3, 0.4) is 0 Å². The summed E-state index contributed by atoms with van der Waals surface area (Å²) in [4.78, 5) is 11.8. The minimum Gasteiger partial charge on any atom is -0.478 e. The van der Waals surface area contributed by atoms with Crippen molar-refractivity contribution >= 4 is 17.7 Å². The molecule has 2 aromatic rings. The molecule has 1 aromatic heterocycles. The molecule has 94 valence electrons. The third kappa shape index (κ3) is 2.89. The van der Waals surface area contributed by atoms with Gasteiger partial charge in [-0.15, -0.1) is 5.10 Å². The van der Waals surface area contributed by atoms with Gasteiger partial charge in [-0.2, -0.15) is 10.4 Å². The molecule has 2 rings (SSSR count). The minimum atomic E-state index is -0.973. The van der Waals surface area contributed by atoms with E-state index in [1.165, 1.54) is 18.0 Å². The van der Waals surface area contributed by atoms with Gasteiger partial charge in [-0.1, -0.05) is 17.8 Å². The van der Waals surface area contributed by atoms with Crippen LogP contribution < -0.4 is 0 Å². The van der Waals surface area contributed by atoms with Gasteiger partial charge in [0.1, 0.15) is 11.1 Å². The van der Waals surface area contributed by atoms with Gasteiger partial charge in [0.15, 0.2) is 0 Å². The summed E-state index contributed by atoms with van der Waals surface area (Å²) in [6, 6.07) is 8.69. The number of carboxylic acid groups (broad SMARTS) is 1. The fourth-order valence-corrected chi connectivity index (χ4v) is 2.33. The molecule has 0 radical (unpaired) electrons. The van der Waals surface area contributed by atoms with Crippen molar-refractivity contribution in [3.63, 3.8) is 0 Å². The molecular weight excluding hydrogens is 262 g/mol. The number of aryl methyl sites for hydroxylation is 1. The van der Waals surface area contributed by atoms with E-state index in [2.05, 4.69) is 10.2 Å². The molecule has 19 heavy (non-hydrogen) atoms. The SMILES string of the molecule is Cc1ccc(Sc2nnccc2C#N)cc1C(=O)O. The van der Waals surface area contributed by atoms with Gasteiger partial charge in [0.05, 0.1) is 17.3 Å². The van der Waals surface area contributed by atoms with Crippen LogP contribution in [0.5, 0.6) is 0 Å². The van der Waals surface area contributed by atoms with Crippen LogP contribution in [0.1, 0.15) is 21.5 Å². The second kappa shape index (κ2) is 5.50. The van der Waals surface area contributed by atoms with Gasteiger partial charge in [0.2, 0.25) is 0 Å². The van der Waals surface area contributed by atoms with E-state index in [-0.39, 0.29) is 5.56 Å². The van der Waals surface area contributed by atoms with E-state index in [0.29, 0.717) is 21.0 Å². The molecule has 0 spiro atoms. The Morgan fingerprint density at radius 2 is 2.21 bits per heavy atom. The Hall–Kier alpha value is -2.39. The van der Waals surface area contributed by atoms with Crippen LogP contribution in [0.15, 0.2) is 40.4 Å². The van der Waals surface area contributed by atoms with E-state index in [9.17, 15) is 4.79 Å². The van der Waals surface area contributed by atoms with Gasteiger partial charge >= 0.3 is 5.97 Å². The molecule has 0 unspecified atom stereocenters. The Labute approximate surface area is 113 Å². The maximum atomic E-state index is 11.1. The summed E-state index contributed by atoms with van der Waals surface area (Å²) in [5.74, 6) is -0.973. The molecule has 1 aromatic carbocycles. The number of aromatic nitrogens is 2. The lowest BCUT2D eigenvalue weighted by Gasteiger charge is -2.05. The van der Waals surface area contributed by atoms with Crippen molar-refractivity contribution in [2.24, 2.45) is 0 Å². The number of carbonyl (C=O) groups is 1. The summed E-state index contributed by atoms with van der Waals surface area (Å²) in [7, 11) is 0. The van der Waals surface area contributed by atoms with E-state index in [1.54, 1.807) is 31.2 Å². The second-order valence-corrected chi connectivity index (χ2v) is 4.81. The number of aromatic carboxylic acids is 1. The van der Waals surface area contributed by atoms with Crippen LogP contribution in [0.4, 0.5) is 0 Å². The van der Waals surface area contributed by atoms with Gasteiger partial charge in [0, 0.05) is 4.90 Å². The van der Waals surface area contributed by atoms with Gasteiger partial charge in [0.25, 0.3) is 0 Å². The van der Waals surface area contributed by atoms with Gasteiger partial charge in [-0.25, -0.2) is 4.79 Å². The molecule has 0 saturated heterocycles. The van der Waals surface area contributed by atoms with Crippen molar-refractivity contribution in [2.45, 2.75) is 16.8 Å². The largest absolute Gasteiger partial charge is 0.478 e. The molecule has 6 heteroatoms. The summed E-state index contributed by atoms with van der Waals surface area (Å²) < 4.78 is 0. The van der Waals surface area contributed by atoms with E-state index < -0.39 is 5.97 Å². The zero-order valence-electron chi connectivity index (χ0n) is 9.99. The molecule has 0 aliphatic carbocycles. The minimum absolute atomic E-state index is 0.243. The van der Waals surface area contributed by atoms with Crippen LogP contribution in [0.2, 0.25) is 0 Å². The maximum absolute atomic E-state index is 11.1. The van der Waals surface area contributed by atoms with Gasteiger partial charge in [-0.05, 0) is 30.7 Å². The first-order valence-electron chi connectivity index (χ1n) is 5.35. The molecule has 0 aliphatic rings. The van der Waals surface area contributed by atoms with Crippen LogP contribution in [-0.4, -0.2) is 21.3 Å². The average Bonchev–Trinajstić information content (AvgIpc) is 2.41. The Kier molecular flexibility index (Phi) is 3.78.